The van der Waals surface area contributed by atoms with Gasteiger partial charge in [-0.1, -0.05) is 61.0 Å². The van der Waals surface area contributed by atoms with Crippen molar-refractivity contribution in [1.82, 2.24) is 0 Å². The Morgan fingerprint density at radius 1 is 1.25 bits per heavy atom. The summed E-state index contributed by atoms with van der Waals surface area (Å²) >= 11 is 3.47. The Hall–Kier alpha value is -0.315. The van der Waals surface area contributed by atoms with Gasteiger partial charge in [0.2, 0.25) is 0 Å². The molecule has 1 aliphatic rings. The summed E-state index contributed by atoms with van der Waals surface area (Å²) in [6.07, 6.45) is -0.0964. The molecule has 4 heteroatoms. The first-order valence-electron chi connectivity index (χ1n) is 5.47. The molecule has 1 heterocycles. The molecule has 16 heavy (non-hydrogen) atoms. The van der Waals surface area contributed by atoms with Crippen LogP contribution in [0.3, 0.4) is 0 Å². The molecule has 0 radical (unpaired) electrons. The smallest absolute Gasteiger partial charge is 0.382 e. The Morgan fingerprint density at radius 3 is 2.44 bits per heavy atom. The summed E-state index contributed by atoms with van der Waals surface area (Å²) in [5.74, 6) is 0. The summed E-state index contributed by atoms with van der Waals surface area (Å²) in [7, 11) is -0.196. The van der Waals surface area contributed by atoms with Gasteiger partial charge in [0.05, 0.1) is 0 Å². The van der Waals surface area contributed by atoms with E-state index in [0.29, 0.717) is 0 Å². The highest BCUT2D eigenvalue weighted by molar-refractivity contribution is 9.08. The zero-order valence-corrected chi connectivity index (χ0v) is 11.5. The molecule has 0 saturated carbocycles. The molecule has 1 aromatic rings. The zero-order chi connectivity index (χ0) is 11.8. The maximum absolute atomic E-state index is 5.79. The first-order chi connectivity index (χ1) is 7.52. The lowest BCUT2D eigenvalue weighted by atomic mass is 9.72. The highest BCUT2D eigenvalue weighted by Gasteiger charge is 2.44. The minimum atomic E-state index is -0.196. The molecule has 1 aromatic carbocycles. The van der Waals surface area contributed by atoms with Gasteiger partial charge in [-0.25, -0.2) is 0 Å². The Kier molecular flexibility index (Phi) is 3.43. The molecule has 1 saturated heterocycles. The van der Waals surface area contributed by atoms with Gasteiger partial charge in [-0.3, -0.25) is 0 Å². The quantitative estimate of drug-likeness (QED) is 0.613. The van der Waals surface area contributed by atoms with Crippen LogP contribution in [0.25, 0.3) is 0 Å². The van der Waals surface area contributed by atoms with Gasteiger partial charge in [-0.2, -0.15) is 0 Å². The Morgan fingerprint density at radius 2 is 1.88 bits per heavy atom. The van der Waals surface area contributed by atoms with E-state index in [9.17, 15) is 0 Å². The predicted octanol–water partition coefficient (Wildman–Crippen LogP) is 2.70. The van der Waals surface area contributed by atoms with E-state index < -0.39 is 0 Å². The van der Waals surface area contributed by atoms with Gasteiger partial charge in [0, 0.05) is 10.7 Å². The van der Waals surface area contributed by atoms with Crippen LogP contribution < -0.4 is 5.46 Å². The van der Waals surface area contributed by atoms with Gasteiger partial charge in [0.15, 0.2) is 0 Å². The molecule has 2 rings (SSSR count). The lowest BCUT2D eigenvalue weighted by Crippen LogP contribution is -2.58. The van der Waals surface area contributed by atoms with Gasteiger partial charge in [0.25, 0.3) is 0 Å². The molecule has 1 fully saturated rings. The first-order valence-corrected chi connectivity index (χ1v) is 6.59. The lowest BCUT2D eigenvalue weighted by Gasteiger charge is -2.42. The maximum Gasteiger partial charge on any atom is 0.497 e. The van der Waals surface area contributed by atoms with Gasteiger partial charge in [-0.05, 0) is 11.0 Å². The average molecular weight is 283 g/mol. The third kappa shape index (κ3) is 2.34. The zero-order valence-electron chi connectivity index (χ0n) is 9.87. The van der Waals surface area contributed by atoms with E-state index in [0.717, 1.165) is 10.8 Å². The molecule has 0 amide bonds. The van der Waals surface area contributed by atoms with Crippen molar-refractivity contribution in [3.8, 4) is 0 Å². The van der Waals surface area contributed by atoms with Crippen LogP contribution in [-0.2, 0) is 14.6 Å². The molecule has 0 atom stereocenters. The molecule has 0 unspecified atom stereocenters. The molecule has 0 N–H and O–H groups in total. The molecule has 0 aliphatic carbocycles. The number of hydrogen-bond donors (Lipinski definition) is 0. The SMILES string of the molecule is CC(C)(C)C1OB(c2ccccc2CBr)O1. The molecule has 0 bridgehead atoms. The van der Waals surface area contributed by atoms with Crippen molar-refractivity contribution >= 4 is 28.5 Å². The minimum Gasteiger partial charge on any atom is -0.382 e. The number of hydrogen-bond acceptors (Lipinski definition) is 2. The van der Waals surface area contributed by atoms with Crippen LogP contribution in [0.15, 0.2) is 24.3 Å². The molecule has 0 aromatic heterocycles. The number of rotatable bonds is 2. The summed E-state index contributed by atoms with van der Waals surface area (Å²) in [5, 5.41) is 0.826. The van der Waals surface area contributed by atoms with Crippen molar-refractivity contribution in [3.63, 3.8) is 0 Å². The Bertz CT molecular complexity index is 370. The fraction of sp³-hybridized carbons (Fsp3) is 0.500. The second kappa shape index (κ2) is 4.51. The second-order valence-corrected chi connectivity index (χ2v) is 5.70. The molecule has 2 nitrogen and oxygen atoms in total. The summed E-state index contributed by atoms with van der Waals surface area (Å²) in [6.45, 7) is 6.35. The van der Waals surface area contributed by atoms with Crippen LogP contribution in [0.4, 0.5) is 0 Å². The maximum atomic E-state index is 5.79. The summed E-state index contributed by atoms with van der Waals surface area (Å²) in [6, 6.07) is 8.18. The van der Waals surface area contributed by atoms with Crippen LogP contribution in [0, 0.1) is 5.41 Å². The number of benzene rings is 1. The van der Waals surface area contributed by atoms with E-state index in [1.165, 1.54) is 5.56 Å². The second-order valence-electron chi connectivity index (χ2n) is 5.13. The van der Waals surface area contributed by atoms with Gasteiger partial charge < -0.3 is 9.31 Å². The van der Waals surface area contributed by atoms with Crippen molar-refractivity contribution in [3.05, 3.63) is 29.8 Å². The number of alkyl halides is 1. The molecule has 0 spiro atoms. The van der Waals surface area contributed by atoms with Crippen molar-refractivity contribution in [2.45, 2.75) is 32.4 Å². The van der Waals surface area contributed by atoms with E-state index in [1.807, 2.05) is 12.1 Å². The normalized spacial score (nSPS) is 17.4. The van der Waals surface area contributed by atoms with Gasteiger partial charge in [-0.15, -0.1) is 0 Å². The molecule has 86 valence electrons. The van der Waals surface area contributed by atoms with Crippen LogP contribution in [0.5, 0.6) is 0 Å². The van der Waals surface area contributed by atoms with Crippen molar-refractivity contribution in [2.75, 3.05) is 0 Å². The van der Waals surface area contributed by atoms with E-state index in [1.54, 1.807) is 0 Å². The summed E-state index contributed by atoms with van der Waals surface area (Å²) < 4.78 is 11.6. The first kappa shape index (κ1) is 12.2. The molecular formula is C12H16BBrO2. The third-order valence-corrected chi connectivity index (χ3v) is 3.26. The van der Waals surface area contributed by atoms with E-state index in [-0.39, 0.29) is 18.8 Å². The highest BCUT2D eigenvalue weighted by Crippen LogP contribution is 2.30. The van der Waals surface area contributed by atoms with Gasteiger partial charge in [0.1, 0.15) is 6.29 Å². The van der Waals surface area contributed by atoms with Crippen molar-refractivity contribution in [2.24, 2.45) is 5.41 Å². The topological polar surface area (TPSA) is 18.5 Å². The van der Waals surface area contributed by atoms with Crippen LogP contribution >= 0.6 is 15.9 Å². The van der Waals surface area contributed by atoms with E-state index in [2.05, 4.69) is 48.8 Å². The highest BCUT2D eigenvalue weighted by atomic mass is 79.9. The predicted molar refractivity (Wildman–Crippen MR) is 69.9 cm³/mol. The standard InChI is InChI=1S/C12H16BBrO2/c1-12(2,3)11-15-13(16-11)10-7-5-4-6-9(10)8-14/h4-7,11H,8H2,1-3H3. The average Bonchev–Trinajstić information content (AvgIpc) is 2.14. The van der Waals surface area contributed by atoms with Gasteiger partial charge >= 0.3 is 7.12 Å². The minimum absolute atomic E-state index is 0.0415. The number of halogens is 1. The van der Waals surface area contributed by atoms with Crippen molar-refractivity contribution < 1.29 is 9.31 Å². The Balaban J connectivity index is 2.07. The Labute approximate surface area is 106 Å². The van der Waals surface area contributed by atoms with Crippen LogP contribution in [0.1, 0.15) is 26.3 Å². The lowest BCUT2D eigenvalue weighted by molar-refractivity contribution is -0.167. The van der Waals surface area contributed by atoms with E-state index >= 15 is 0 Å². The fourth-order valence-electron chi connectivity index (χ4n) is 1.68. The van der Waals surface area contributed by atoms with Crippen LogP contribution in [0.2, 0.25) is 0 Å². The third-order valence-electron chi connectivity index (χ3n) is 2.65. The summed E-state index contributed by atoms with van der Waals surface area (Å²) in [4.78, 5) is 0. The molecule has 1 aliphatic heterocycles. The van der Waals surface area contributed by atoms with Crippen molar-refractivity contribution in [1.29, 1.82) is 0 Å². The van der Waals surface area contributed by atoms with E-state index in [4.69, 9.17) is 9.31 Å². The monoisotopic (exact) mass is 282 g/mol. The fourth-order valence-corrected chi connectivity index (χ4v) is 2.19. The molecular weight excluding hydrogens is 267 g/mol. The largest absolute Gasteiger partial charge is 0.497 e. The van der Waals surface area contributed by atoms with Crippen LogP contribution in [-0.4, -0.2) is 13.4 Å². The summed E-state index contributed by atoms with van der Waals surface area (Å²) in [5.41, 5.74) is 2.39.